The van der Waals surface area contributed by atoms with Gasteiger partial charge in [-0.05, 0) is 141 Å². The second-order valence-electron chi connectivity index (χ2n) is 21.4. The van der Waals surface area contributed by atoms with E-state index in [1.54, 1.807) is 36.4 Å². The number of hydrogen-bond acceptors (Lipinski definition) is 8. The number of carbonyl (C=O) groups excluding carboxylic acids is 3. The van der Waals surface area contributed by atoms with Crippen molar-refractivity contribution in [3.63, 3.8) is 0 Å². The molecule has 0 bridgehead atoms. The van der Waals surface area contributed by atoms with Crippen molar-refractivity contribution in [3.05, 3.63) is 180 Å². The molecule has 3 unspecified atom stereocenters. The molecule has 9 aromatic rings. The van der Waals surface area contributed by atoms with Gasteiger partial charge in [-0.25, -0.2) is 13.2 Å². The lowest BCUT2D eigenvalue weighted by molar-refractivity contribution is 0.0938. The number of para-hydroxylation sites is 3. The van der Waals surface area contributed by atoms with Crippen molar-refractivity contribution in [2.45, 2.75) is 50.7 Å². The van der Waals surface area contributed by atoms with Crippen molar-refractivity contribution in [1.29, 1.82) is 0 Å². The Morgan fingerprint density at radius 2 is 0.720 bits per heavy atom. The Morgan fingerprint density at radius 1 is 0.439 bits per heavy atom. The SMILES string of the molecule is CC[C@H]1CNC(CNC(=O)c2[nH]c3ccccc3c2-c2ccc(F)cc2)C1.Cl.NC[C@H]1CNC(CNC(=O)c2[nH]c3ccccc3c2-c2ccc(F)cc2)C1.NC[C@H]1CNC(CNC(=O)c2[nH]c3ccccc3c2-c2ccc(F)cc2)C1. The van der Waals surface area contributed by atoms with Crippen molar-refractivity contribution in [1.82, 2.24) is 46.9 Å². The summed E-state index contributed by atoms with van der Waals surface area (Å²) in [4.78, 5) is 48.5. The van der Waals surface area contributed by atoms with Crippen LogP contribution in [0, 0.1) is 35.2 Å². The number of aromatic nitrogens is 3. The monoisotopic (exact) mass is 1130 g/mol. The number of H-pyrrole nitrogens is 3. The number of aromatic amines is 3. The molecule has 3 fully saturated rings. The first kappa shape index (κ1) is 58.9. The molecule has 3 saturated heterocycles. The van der Waals surface area contributed by atoms with Crippen LogP contribution in [0.4, 0.5) is 13.2 Å². The summed E-state index contributed by atoms with van der Waals surface area (Å²) in [5.41, 5.74) is 20.4. The Kier molecular flexibility index (Phi) is 19.6. The normalized spacial score (nSPS) is 19.2. The van der Waals surface area contributed by atoms with Crippen molar-refractivity contribution in [3.8, 4) is 33.4 Å². The Bertz CT molecular complexity index is 3230. The van der Waals surface area contributed by atoms with E-state index in [0.29, 0.717) is 73.6 Å². The van der Waals surface area contributed by atoms with Crippen LogP contribution < -0.4 is 43.4 Å². The molecule has 3 aliphatic heterocycles. The first-order valence-corrected chi connectivity index (χ1v) is 28.0. The smallest absolute Gasteiger partial charge is 0.268 e. The van der Waals surface area contributed by atoms with Gasteiger partial charge in [-0.15, -0.1) is 12.4 Å². The largest absolute Gasteiger partial charge is 0.350 e. The molecule has 18 heteroatoms. The number of nitrogens with one attached hydrogen (secondary N) is 9. The minimum atomic E-state index is -0.300. The summed E-state index contributed by atoms with van der Waals surface area (Å²) < 4.78 is 40.1. The Morgan fingerprint density at radius 3 is 0.988 bits per heavy atom. The van der Waals surface area contributed by atoms with Crippen molar-refractivity contribution >= 4 is 62.8 Å². The number of carbonyl (C=O) groups is 3. The van der Waals surface area contributed by atoms with Gasteiger partial charge in [0.2, 0.25) is 0 Å². The van der Waals surface area contributed by atoms with E-state index >= 15 is 0 Å². The summed E-state index contributed by atoms with van der Waals surface area (Å²) >= 11 is 0. The molecule has 3 aliphatic rings. The van der Waals surface area contributed by atoms with Crippen LogP contribution in [0.5, 0.6) is 0 Å². The second-order valence-corrected chi connectivity index (χ2v) is 21.4. The number of amides is 3. The molecule has 6 heterocycles. The van der Waals surface area contributed by atoms with E-state index in [2.05, 4.69) is 53.8 Å². The molecule has 3 aromatic heterocycles. The molecule has 82 heavy (non-hydrogen) atoms. The predicted molar refractivity (Wildman–Crippen MR) is 323 cm³/mol. The predicted octanol–water partition coefficient (Wildman–Crippen LogP) is 9.79. The molecule has 0 saturated carbocycles. The summed E-state index contributed by atoms with van der Waals surface area (Å²) in [7, 11) is 0. The highest BCUT2D eigenvalue weighted by molar-refractivity contribution is 6.12. The maximum atomic E-state index is 13.4. The first-order valence-electron chi connectivity index (χ1n) is 28.0. The highest BCUT2D eigenvalue weighted by Gasteiger charge is 2.28. The van der Waals surface area contributed by atoms with Gasteiger partial charge in [0.25, 0.3) is 17.7 Å². The van der Waals surface area contributed by atoms with Crippen molar-refractivity contribution < 1.29 is 27.6 Å². The number of benzene rings is 6. The lowest BCUT2D eigenvalue weighted by Gasteiger charge is -2.12. The summed E-state index contributed by atoms with van der Waals surface area (Å²) in [6, 6.07) is 42.8. The molecule has 3 amide bonds. The van der Waals surface area contributed by atoms with Gasteiger partial charge in [-0.2, -0.15) is 0 Å². The topological polar surface area (TPSA) is 223 Å². The Balaban J connectivity index is 0.000000147. The lowest BCUT2D eigenvalue weighted by Crippen LogP contribution is -2.37. The van der Waals surface area contributed by atoms with Crippen LogP contribution in [0.2, 0.25) is 0 Å². The second kappa shape index (κ2) is 27.3. The van der Waals surface area contributed by atoms with Crippen LogP contribution in [-0.4, -0.2) is 103 Å². The molecule has 0 spiro atoms. The molecular formula is C64H71ClF3N11O3. The zero-order valence-electron chi connectivity index (χ0n) is 45.7. The first-order chi connectivity index (χ1) is 39.5. The molecule has 0 aliphatic carbocycles. The van der Waals surface area contributed by atoms with Gasteiger partial charge in [-0.1, -0.05) is 104 Å². The van der Waals surface area contributed by atoms with Crippen LogP contribution in [-0.2, 0) is 0 Å². The average molecular weight is 1130 g/mol. The fourth-order valence-electron chi connectivity index (χ4n) is 11.4. The van der Waals surface area contributed by atoms with E-state index < -0.39 is 0 Å². The zero-order valence-corrected chi connectivity index (χ0v) is 46.5. The van der Waals surface area contributed by atoms with Crippen LogP contribution in [0.15, 0.2) is 146 Å². The third-order valence-electron chi connectivity index (χ3n) is 15.9. The Hall–Kier alpha value is -7.77. The van der Waals surface area contributed by atoms with E-state index in [1.807, 2.05) is 72.8 Å². The lowest BCUT2D eigenvalue weighted by atomic mass is 10.0. The molecule has 6 aromatic carbocycles. The number of nitrogens with two attached hydrogens (primary N) is 2. The fourth-order valence-corrected chi connectivity index (χ4v) is 11.4. The number of halogens is 4. The number of rotatable bonds is 15. The summed E-state index contributed by atoms with van der Waals surface area (Å²) in [5.74, 6) is 0.277. The minimum absolute atomic E-state index is 0. The molecule has 6 atom stereocenters. The third kappa shape index (κ3) is 13.8. The highest BCUT2D eigenvalue weighted by Crippen LogP contribution is 2.36. The van der Waals surface area contributed by atoms with Crippen molar-refractivity contribution in [2.75, 3.05) is 52.4 Å². The van der Waals surface area contributed by atoms with E-state index in [4.69, 9.17) is 11.5 Å². The van der Waals surface area contributed by atoms with Crippen LogP contribution in [0.25, 0.3) is 66.1 Å². The number of hydrogen-bond donors (Lipinski definition) is 11. The highest BCUT2D eigenvalue weighted by atomic mass is 35.5. The Labute approximate surface area is 481 Å². The molecule has 13 N–H and O–H groups in total. The van der Waals surface area contributed by atoms with Gasteiger partial charge < -0.3 is 58.3 Å². The van der Waals surface area contributed by atoms with E-state index in [1.165, 1.54) is 36.4 Å². The molecule has 12 rings (SSSR count). The number of fused-ring (bicyclic) bond motifs is 3. The van der Waals surface area contributed by atoms with Crippen LogP contribution in [0.1, 0.15) is 64.1 Å². The van der Waals surface area contributed by atoms with E-state index in [0.717, 1.165) is 111 Å². The van der Waals surface area contributed by atoms with Gasteiger partial charge in [0.15, 0.2) is 0 Å². The van der Waals surface area contributed by atoms with Crippen molar-refractivity contribution in [2.24, 2.45) is 29.2 Å². The quantitative estimate of drug-likeness (QED) is 0.0473. The molecule has 428 valence electrons. The van der Waals surface area contributed by atoms with Crippen LogP contribution in [0.3, 0.4) is 0 Å². The molecule has 14 nitrogen and oxygen atoms in total. The van der Waals surface area contributed by atoms with Gasteiger partial charge in [-0.3, -0.25) is 14.4 Å². The maximum Gasteiger partial charge on any atom is 0.268 e. The van der Waals surface area contributed by atoms with Gasteiger partial charge in [0.05, 0.1) is 0 Å². The van der Waals surface area contributed by atoms with E-state index in [9.17, 15) is 27.6 Å². The zero-order chi connectivity index (χ0) is 56.4. The standard InChI is InChI=1S/C22H24FN3O.2C21H23FN4O.ClH/c1-2-14-11-17(24-12-14)13-25-22(27)21-20(15-7-9-16(23)10-8-15)18-5-3-4-6-19(18)26-21;2*22-15-7-5-14(6-8-15)19-17-3-1-2-4-18(17)26-20(19)21(27)25-12-16-9-13(10-23)11-24-16;/h3-10,14,17,24,26H,2,11-13H2,1H3,(H,25,27);2*1-8,13,16,24,26H,9-12,23H2,(H,25,27);1H/t14-,17?;2*13-,16?;/m100./s1. The van der Waals surface area contributed by atoms with Gasteiger partial charge in [0.1, 0.15) is 34.5 Å². The average Bonchev–Trinajstić information content (AvgIpc) is 4.53. The summed E-state index contributed by atoms with van der Waals surface area (Å²) in [6.07, 6.45) is 4.19. The van der Waals surface area contributed by atoms with Gasteiger partial charge >= 0.3 is 0 Å². The fraction of sp³-hybridized carbons (Fsp3) is 0.297. The van der Waals surface area contributed by atoms with Crippen LogP contribution >= 0.6 is 12.4 Å². The van der Waals surface area contributed by atoms with E-state index in [-0.39, 0.29) is 59.7 Å². The molecular weight excluding hydrogens is 1060 g/mol. The third-order valence-corrected chi connectivity index (χ3v) is 15.9. The van der Waals surface area contributed by atoms with Gasteiger partial charge in [0, 0.05) is 87.2 Å². The maximum absolute atomic E-state index is 13.4. The molecule has 0 radical (unpaired) electrons. The minimum Gasteiger partial charge on any atom is -0.350 e. The summed E-state index contributed by atoms with van der Waals surface area (Å²) in [6.45, 7) is 8.03. The summed E-state index contributed by atoms with van der Waals surface area (Å²) in [5, 5.41) is 22.2.